The fraction of sp³-hybridized carbons (Fsp3) is 0.600. The van der Waals surface area contributed by atoms with Crippen molar-refractivity contribution in [1.29, 1.82) is 0 Å². The topological polar surface area (TPSA) is 38.5 Å². The maximum absolute atomic E-state index is 5.88. The van der Waals surface area contributed by atoms with Crippen molar-refractivity contribution in [2.45, 2.75) is 45.1 Å². The lowest BCUT2D eigenvalue weighted by Gasteiger charge is -2.35. The second kappa shape index (κ2) is 5.98. The molecule has 3 nitrogen and oxygen atoms in total. The molecule has 0 spiro atoms. The van der Waals surface area contributed by atoms with Crippen LogP contribution in [0, 0.1) is 0 Å². The predicted molar refractivity (Wildman–Crippen MR) is 77.3 cm³/mol. The van der Waals surface area contributed by atoms with Gasteiger partial charge in [0, 0.05) is 24.3 Å². The lowest BCUT2D eigenvalue weighted by Crippen LogP contribution is -2.36. The molecule has 2 N–H and O–H groups in total. The molecule has 1 saturated carbocycles. The van der Waals surface area contributed by atoms with Crippen LogP contribution in [0.15, 0.2) is 18.2 Å². The molecule has 0 heterocycles. The van der Waals surface area contributed by atoms with E-state index in [1.54, 1.807) is 7.11 Å². The number of rotatable bonds is 4. The molecule has 1 aliphatic rings. The molecule has 1 aliphatic carbocycles. The molecule has 0 unspecified atom stereocenters. The van der Waals surface area contributed by atoms with Gasteiger partial charge in [-0.25, -0.2) is 0 Å². The van der Waals surface area contributed by atoms with Crippen LogP contribution in [-0.2, 0) is 0 Å². The van der Waals surface area contributed by atoms with Crippen molar-refractivity contribution < 1.29 is 4.74 Å². The maximum Gasteiger partial charge on any atom is 0.143 e. The largest absolute Gasteiger partial charge is 0.495 e. The quantitative estimate of drug-likeness (QED) is 0.830. The Hall–Kier alpha value is -1.38. The van der Waals surface area contributed by atoms with E-state index in [9.17, 15) is 0 Å². The van der Waals surface area contributed by atoms with E-state index in [0.29, 0.717) is 11.7 Å². The van der Waals surface area contributed by atoms with Gasteiger partial charge in [0.15, 0.2) is 0 Å². The van der Waals surface area contributed by atoms with Gasteiger partial charge < -0.3 is 15.4 Å². The highest BCUT2D eigenvalue weighted by molar-refractivity contribution is 5.62. The van der Waals surface area contributed by atoms with Crippen molar-refractivity contribution in [3.63, 3.8) is 0 Å². The van der Waals surface area contributed by atoms with Crippen LogP contribution in [0.5, 0.6) is 5.75 Å². The van der Waals surface area contributed by atoms with Gasteiger partial charge in [0.2, 0.25) is 0 Å². The minimum absolute atomic E-state index is 0.678. The number of benzene rings is 1. The standard InChI is InChI=1S/C15H24N2O/c1-3-17(12-7-5-4-6-8-12)13-9-10-14(16)15(11-13)18-2/h9-12H,3-8,16H2,1-2H3. The van der Waals surface area contributed by atoms with Crippen LogP contribution in [0.25, 0.3) is 0 Å². The molecule has 0 radical (unpaired) electrons. The van der Waals surface area contributed by atoms with Gasteiger partial charge in [0.25, 0.3) is 0 Å². The van der Waals surface area contributed by atoms with Gasteiger partial charge in [-0.05, 0) is 31.9 Å². The smallest absolute Gasteiger partial charge is 0.143 e. The summed E-state index contributed by atoms with van der Waals surface area (Å²) < 4.78 is 5.32. The van der Waals surface area contributed by atoms with Crippen LogP contribution in [0.4, 0.5) is 11.4 Å². The number of methoxy groups -OCH3 is 1. The SMILES string of the molecule is CCN(c1ccc(N)c(OC)c1)C1CCCCC1. The average molecular weight is 248 g/mol. The van der Waals surface area contributed by atoms with E-state index in [-0.39, 0.29) is 0 Å². The molecule has 0 amide bonds. The zero-order chi connectivity index (χ0) is 13.0. The molecule has 0 saturated heterocycles. The molecule has 0 aliphatic heterocycles. The van der Waals surface area contributed by atoms with Crippen molar-refractivity contribution in [1.82, 2.24) is 0 Å². The highest BCUT2D eigenvalue weighted by Crippen LogP contribution is 2.31. The first-order chi connectivity index (χ1) is 8.76. The van der Waals surface area contributed by atoms with E-state index >= 15 is 0 Å². The Morgan fingerprint density at radius 3 is 2.61 bits per heavy atom. The van der Waals surface area contributed by atoms with Gasteiger partial charge >= 0.3 is 0 Å². The van der Waals surface area contributed by atoms with Crippen LogP contribution < -0.4 is 15.4 Å². The minimum Gasteiger partial charge on any atom is -0.495 e. The number of nitrogens with two attached hydrogens (primary N) is 1. The summed E-state index contributed by atoms with van der Waals surface area (Å²) in [4.78, 5) is 2.49. The summed E-state index contributed by atoms with van der Waals surface area (Å²) in [5.74, 6) is 0.779. The normalized spacial score (nSPS) is 16.6. The van der Waals surface area contributed by atoms with Crippen LogP contribution in [0.1, 0.15) is 39.0 Å². The molecule has 18 heavy (non-hydrogen) atoms. The number of nitrogens with zero attached hydrogens (tertiary/aromatic N) is 1. The van der Waals surface area contributed by atoms with E-state index in [4.69, 9.17) is 10.5 Å². The van der Waals surface area contributed by atoms with Crippen LogP contribution in [-0.4, -0.2) is 19.7 Å². The molecule has 3 heteroatoms. The Balaban J connectivity index is 2.20. The van der Waals surface area contributed by atoms with Gasteiger partial charge in [-0.3, -0.25) is 0 Å². The van der Waals surface area contributed by atoms with Crippen molar-refractivity contribution in [3.05, 3.63) is 18.2 Å². The second-order valence-corrected chi connectivity index (χ2v) is 5.00. The lowest BCUT2D eigenvalue weighted by atomic mass is 9.94. The first kappa shape index (κ1) is 13.1. The molecule has 0 aromatic heterocycles. The lowest BCUT2D eigenvalue weighted by molar-refractivity contribution is 0.411. The number of nitrogen functional groups attached to an aromatic ring is 1. The summed E-state index contributed by atoms with van der Waals surface area (Å²) in [6.07, 6.45) is 6.71. The van der Waals surface area contributed by atoms with E-state index in [0.717, 1.165) is 12.3 Å². The number of ether oxygens (including phenoxy) is 1. The predicted octanol–water partition coefficient (Wildman–Crippen LogP) is 3.44. The fourth-order valence-corrected chi connectivity index (χ4v) is 2.92. The van der Waals surface area contributed by atoms with E-state index < -0.39 is 0 Å². The van der Waals surface area contributed by atoms with Crippen LogP contribution in [0.3, 0.4) is 0 Å². The highest BCUT2D eigenvalue weighted by Gasteiger charge is 2.20. The van der Waals surface area contributed by atoms with E-state index in [2.05, 4.69) is 24.0 Å². The molecule has 0 bridgehead atoms. The summed E-state index contributed by atoms with van der Waals surface area (Å²) in [5, 5.41) is 0. The third-order valence-corrected chi connectivity index (χ3v) is 3.90. The van der Waals surface area contributed by atoms with Crippen molar-refractivity contribution in [3.8, 4) is 5.75 Å². The van der Waals surface area contributed by atoms with Crippen LogP contribution >= 0.6 is 0 Å². The molecule has 1 aromatic carbocycles. The number of anilines is 2. The van der Waals surface area contributed by atoms with Gasteiger partial charge in [-0.1, -0.05) is 19.3 Å². The van der Waals surface area contributed by atoms with Crippen molar-refractivity contribution >= 4 is 11.4 Å². The van der Waals surface area contributed by atoms with Gasteiger partial charge in [0.05, 0.1) is 12.8 Å². The third-order valence-electron chi connectivity index (χ3n) is 3.90. The second-order valence-electron chi connectivity index (χ2n) is 5.00. The van der Waals surface area contributed by atoms with Gasteiger partial charge in [-0.2, -0.15) is 0 Å². The average Bonchev–Trinajstić information content (AvgIpc) is 2.42. The van der Waals surface area contributed by atoms with Crippen molar-refractivity contribution in [2.24, 2.45) is 0 Å². The Morgan fingerprint density at radius 2 is 2.00 bits per heavy atom. The molecular weight excluding hydrogens is 224 g/mol. The summed E-state index contributed by atoms with van der Waals surface area (Å²) >= 11 is 0. The molecular formula is C15H24N2O. The summed E-state index contributed by atoms with van der Waals surface area (Å²) in [7, 11) is 1.67. The summed E-state index contributed by atoms with van der Waals surface area (Å²) in [6.45, 7) is 3.26. The van der Waals surface area contributed by atoms with Gasteiger partial charge in [-0.15, -0.1) is 0 Å². The van der Waals surface area contributed by atoms with E-state index in [1.165, 1.54) is 37.8 Å². The first-order valence-electron chi connectivity index (χ1n) is 6.96. The number of hydrogen-bond donors (Lipinski definition) is 1. The molecule has 1 aromatic rings. The molecule has 0 atom stereocenters. The van der Waals surface area contributed by atoms with Gasteiger partial charge in [0.1, 0.15) is 5.75 Å². The Morgan fingerprint density at radius 1 is 1.28 bits per heavy atom. The molecule has 1 fully saturated rings. The Bertz CT molecular complexity index is 386. The molecule has 2 rings (SSSR count). The molecule has 100 valence electrons. The monoisotopic (exact) mass is 248 g/mol. The van der Waals surface area contributed by atoms with E-state index in [1.807, 2.05) is 6.07 Å². The zero-order valence-corrected chi connectivity index (χ0v) is 11.5. The minimum atomic E-state index is 0.678. The summed E-state index contributed by atoms with van der Waals surface area (Å²) in [5.41, 5.74) is 7.82. The maximum atomic E-state index is 5.88. The first-order valence-corrected chi connectivity index (χ1v) is 6.96. The summed E-state index contributed by atoms with van der Waals surface area (Å²) in [6, 6.07) is 6.79. The highest BCUT2D eigenvalue weighted by atomic mass is 16.5. The zero-order valence-electron chi connectivity index (χ0n) is 11.5. The number of hydrogen-bond acceptors (Lipinski definition) is 3. The van der Waals surface area contributed by atoms with Crippen molar-refractivity contribution in [2.75, 3.05) is 24.3 Å². The van der Waals surface area contributed by atoms with Crippen LogP contribution in [0.2, 0.25) is 0 Å². The fourth-order valence-electron chi connectivity index (χ4n) is 2.92. The Kier molecular flexibility index (Phi) is 4.34. The Labute approximate surface area is 110 Å². The third kappa shape index (κ3) is 2.71.